The number of pyridine rings is 1. The molecular weight excluding hydrogens is 277 g/mol. The summed E-state index contributed by atoms with van der Waals surface area (Å²) >= 11 is 0. The quantitative estimate of drug-likeness (QED) is 0.890. The molecule has 1 heterocycles. The van der Waals surface area contributed by atoms with Gasteiger partial charge in [-0.3, -0.25) is 4.98 Å². The summed E-state index contributed by atoms with van der Waals surface area (Å²) in [6.45, 7) is 2.88. The van der Waals surface area contributed by atoms with Gasteiger partial charge in [0.05, 0.1) is 5.92 Å². The van der Waals surface area contributed by atoms with Crippen LogP contribution in [0.4, 0.5) is 13.2 Å². The number of alkyl halides is 3. The molecule has 21 heavy (non-hydrogen) atoms. The fourth-order valence-electron chi connectivity index (χ4n) is 3.29. The molecule has 1 aromatic rings. The van der Waals surface area contributed by atoms with E-state index in [1.54, 1.807) is 12.4 Å². The van der Waals surface area contributed by atoms with Crippen LogP contribution in [0, 0.1) is 11.8 Å². The summed E-state index contributed by atoms with van der Waals surface area (Å²) in [5, 5.41) is 3.45. The van der Waals surface area contributed by atoms with E-state index in [2.05, 4.69) is 10.3 Å². The number of likely N-dealkylation sites (N-methyl/N-ethyl adjacent to an activating group) is 1. The summed E-state index contributed by atoms with van der Waals surface area (Å²) in [6, 6.07) is 4.21. The molecule has 5 heteroatoms. The fourth-order valence-corrected chi connectivity index (χ4v) is 3.29. The Bertz CT molecular complexity index is 411. The normalized spacial score (nSPS) is 24.8. The Morgan fingerprint density at radius 3 is 2.33 bits per heavy atom. The van der Waals surface area contributed by atoms with Crippen LogP contribution in [-0.4, -0.2) is 23.7 Å². The molecule has 1 aliphatic rings. The third-order valence-corrected chi connectivity index (χ3v) is 4.48. The lowest BCUT2D eigenvalue weighted by Gasteiger charge is -2.35. The predicted octanol–water partition coefficient (Wildman–Crippen LogP) is 3.97. The predicted molar refractivity (Wildman–Crippen MR) is 76.9 cm³/mol. The molecular formula is C16H23F3N2. The van der Waals surface area contributed by atoms with Crippen LogP contribution in [0.1, 0.15) is 38.2 Å². The van der Waals surface area contributed by atoms with Gasteiger partial charge in [-0.25, -0.2) is 0 Å². The van der Waals surface area contributed by atoms with Gasteiger partial charge in [-0.05, 0) is 62.3 Å². The van der Waals surface area contributed by atoms with E-state index in [-0.39, 0.29) is 18.9 Å². The zero-order chi connectivity index (χ0) is 15.3. The molecule has 1 atom stereocenters. The van der Waals surface area contributed by atoms with Crippen LogP contribution >= 0.6 is 0 Å². The SMILES string of the molecule is CCNC(Cc1ccncc1)C1CCC(C(F)(F)F)CC1. The Kier molecular flexibility index (Phi) is 5.62. The number of aromatic nitrogens is 1. The molecule has 0 aromatic carbocycles. The van der Waals surface area contributed by atoms with Crippen LogP contribution in [0.15, 0.2) is 24.5 Å². The maximum atomic E-state index is 12.7. The van der Waals surface area contributed by atoms with Crippen molar-refractivity contribution in [2.75, 3.05) is 6.54 Å². The van der Waals surface area contributed by atoms with Crippen molar-refractivity contribution in [2.24, 2.45) is 11.8 Å². The Labute approximate surface area is 124 Å². The van der Waals surface area contributed by atoms with Gasteiger partial charge in [0.2, 0.25) is 0 Å². The molecule has 2 rings (SSSR count). The number of halogens is 3. The Morgan fingerprint density at radius 2 is 1.81 bits per heavy atom. The molecule has 0 amide bonds. The third kappa shape index (κ3) is 4.70. The summed E-state index contributed by atoms with van der Waals surface area (Å²) in [7, 11) is 0. The highest BCUT2D eigenvalue weighted by Crippen LogP contribution is 2.40. The van der Waals surface area contributed by atoms with Crippen molar-refractivity contribution >= 4 is 0 Å². The van der Waals surface area contributed by atoms with Crippen molar-refractivity contribution in [3.05, 3.63) is 30.1 Å². The van der Waals surface area contributed by atoms with Gasteiger partial charge in [0.25, 0.3) is 0 Å². The van der Waals surface area contributed by atoms with Crippen molar-refractivity contribution in [1.29, 1.82) is 0 Å². The van der Waals surface area contributed by atoms with E-state index in [1.165, 1.54) is 5.56 Å². The lowest BCUT2D eigenvalue weighted by atomic mass is 9.77. The molecule has 2 nitrogen and oxygen atoms in total. The largest absolute Gasteiger partial charge is 0.391 e. The van der Waals surface area contributed by atoms with Crippen molar-refractivity contribution < 1.29 is 13.2 Å². The van der Waals surface area contributed by atoms with Crippen LogP contribution in [-0.2, 0) is 6.42 Å². The lowest BCUT2D eigenvalue weighted by molar-refractivity contribution is -0.184. The zero-order valence-corrected chi connectivity index (χ0v) is 12.4. The zero-order valence-electron chi connectivity index (χ0n) is 12.4. The van der Waals surface area contributed by atoms with Gasteiger partial charge in [0.1, 0.15) is 0 Å². The second-order valence-corrected chi connectivity index (χ2v) is 5.88. The standard InChI is InChI=1S/C16H23F3N2/c1-2-21-15(11-12-7-9-20-10-8-12)13-3-5-14(6-4-13)16(17,18)19/h7-10,13-15,21H,2-6,11H2,1H3. The minimum absolute atomic E-state index is 0.256. The van der Waals surface area contributed by atoms with Gasteiger partial charge in [0.15, 0.2) is 0 Å². The first-order chi connectivity index (χ1) is 10.0. The van der Waals surface area contributed by atoms with Crippen LogP contribution in [0.5, 0.6) is 0 Å². The van der Waals surface area contributed by atoms with Gasteiger partial charge in [-0.1, -0.05) is 6.92 Å². The van der Waals surface area contributed by atoms with Crippen LogP contribution in [0.25, 0.3) is 0 Å². The summed E-state index contributed by atoms with van der Waals surface area (Å²) in [5.41, 5.74) is 1.19. The number of hydrogen-bond acceptors (Lipinski definition) is 2. The van der Waals surface area contributed by atoms with E-state index >= 15 is 0 Å². The first-order valence-corrected chi connectivity index (χ1v) is 7.69. The maximum absolute atomic E-state index is 12.7. The van der Waals surface area contributed by atoms with E-state index in [4.69, 9.17) is 0 Å². The van der Waals surface area contributed by atoms with Crippen LogP contribution < -0.4 is 5.32 Å². The van der Waals surface area contributed by atoms with E-state index in [0.717, 1.165) is 13.0 Å². The average molecular weight is 300 g/mol. The minimum Gasteiger partial charge on any atom is -0.314 e. The van der Waals surface area contributed by atoms with Crippen molar-refractivity contribution in [1.82, 2.24) is 10.3 Å². The summed E-state index contributed by atoms with van der Waals surface area (Å²) in [5.74, 6) is -0.770. The maximum Gasteiger partial charge on any atom is 0.391 e. The number of hydrogen-bond donors (Lipinski definition) is 1. The third-order valence-electron chi connectivity index (χ3n) is 4.48. The van der Waals surface area contributed by atoms with E-state index < -0.39 is 12.1 Å². The second kappa shape index (κ2) is 7.25. The first-order valence-electron chi connectivity index (χ1n) is 7.69. The summed E-state index contributed by atoms with van der Waals surface area (Å²) in [4.78, 5) is 4.00. The van der Waals surface area contributed by atoms with Crippen LogP contribution in [0.2, 0.25) is 0 Å². The summed E-state index contributed by atoms with van der Waals surface area (Å²) < 4.78 is 38.2. The highest BCUT2D eigenvalue weighted by molar-refractivity contribution is 5.12. The first kappa shape index (κ1) is 16.3. The van der Waals surface area contributed by atoms with E-state index in [9.17, 15) is 13.2 Å². The number of nitrogens with zero attached hydrogens (tertiary/aromatic N) is 1. The topological polar surface area (TPSA) is 24.9 Å². The van der Waals surface area contributed by atoms with Gasteiger partial charge in [-0.15, -0.1) is 0 Å². The van der Waals surface area contributed by atoms with E-state index in [1.807, 2.05) is 19.1 Å². The molecule has 0 bridgehead atoms. The van der Waals surface area contributed by atoms with Crippen molar-refractivity contribution in [2.45, 2.75) is 51.2 Å². The molecule has 1 fully saturated rings. The molecule has 1 saturated carbocycles. The molecule has 0 saturated heterocycles. The van der Waals surface area contributed by atoms with Gasteiger partial charge >= 0.3 is 6.18 Å². The van der Waals surface area contributed by atoms with Crippen molar-refractivity contribution in [3.63, 3.8) is 0 Å². The van der Waals surface area contributed by atoms with Gasteiger partial charge < -0.3 is 5.32 Å². The number of rotatable bonds is 5. The molecule has 1 aromatic heterocycles. The highest BCUT2D eigenvalue weighted by atomic mass is 19.4. The Hall–Kier alpha value is -1.10. The number of nitrogens with one attached hydrogen (secondary N) is 1. The van der Waals surface area contributed by atoms with Gasteiger partial charge in [0, 0.05) is 18.4 Å². The average Bonchev–Trinajstić information content (AvgIpc) is 2.47. The molecule has 1 unspecified atom stereocenters. The lowest BCUT2D eigenvalue weighted by Crippen LogP contribution is -2.41. The highest BCUT2D eigenvalue weighted by Gasteiger charge is 2.42. The van der Waals surface area contributed by atoms with Gasteiger partial charge in [-0.2, -0.15) is 13.2 Å². The molecule has 1 aliphatic carbocycles. The van der Waals surface area contributed by atoms with Crippen LogP contribution in [0.3, 0.4) is 0 Å². The Balaban J connectivity index is 1.94. The van der Waals surface area contributed by atoms with E-state index in [0.29, 0.717) is 18.8 Å². The second-order valence-electron chi connectivity index (χ2n) is 5.88. The molecule has 0 spiro atoms. The minimum atomic E-state index is -4.02. The molecule has 0 aliphatic heterocycles. The smallest absolute Gasteiger partial charge is 0.314 e. The van der Waals surface area contributed by atoms with Crippen molar-refractivity contribution in [3.8, 4) is 0 Å². The monoisotopic (exact) mass is 300 g/mol. The molecule has 0 radical (unpaired) electrons. The molecule has 118 valence electrons. The molecule has 1 N–H and O–H groups in total. The Morgan fingerprint density at radius 1 is 1.19 bits per heavy atom. The summed E-state index contributed by atoms with van der Waals surface area (Å²) in [6.07, 6.45) is 2.22. The fraction of sp³-hybridized carbons (Fsp3) is 0.688.